The Bertz CT molecular complexity index is 1320. The predicted molar refractivity (Wildman–Crippen MR) is 145 cm³/mol. The number of rotatable bonds is 6. The van der Waals surface area contributed by atoms with Gasteiger partial charge < -0.3 is 24.8 Å². The van der Waals surface area contributed by atoms with Crippen LogP contribution in [0.5, 0.6) is 0 Å². The van der Waals surface area contributed by atoms with Crippen LogP contribution in [0.4, 0.5) is 31.7 Å². The van der Waals surface area contributed by atoms with Gasteiger partial charge in [0.05, 0.1) is 53.6 Å². The minimum absolute atomic E-state index is 0.118. The first-order valence-corrected chi connectivity index (χ1v) is 13.0. The van der Waals surface area contributed by atoms with Gasteiger partial charge in [-0.2, -0.15) is 0 Å². The fourth-order valence-electron chi connectivity index (χ4n) is 5.07. The number of amides is 1. The van der Waals surface area contributed by atoms with Crippen molar-refractivity contribution < 1.29 is 18.3 Å². The van der Waals surface area contributed by atoms with Crippen LogP contribution >= 0.6 is 0 Å². The molecule has 1 N–H and O–H groups in total. The van der Waals surface area contributed by atoms with E-state index in [1.54, 1.807) is 12.4 Å². The number of benzene rings is 1. The molecule has 2 fully saturated rings. The average molecular weight is 524 g/mol. The molecule has 0 unspecified atom stereocenters. The zero-order chi connectivity index (χ0) is 26.8. The second-order valence-corrected chi connectivity index (χ2v) is 10.1. The van der Waals surface area contributed by atoms with E-state index in [1.807, 2.05) is 31.7 Å². The van der Waals surface area contributed by atoms with Crippen LogP contribution in [0.25, 0.3) is 10.9 Å². The molecule has 1 amide bonds. The third kappa shape index (κ3) is 5.50. The van der Waals surface area contributed by atoms with Crippen LogP contribution in [0.15, 0.2) is 30.6 Å². The first-order chi connectivity index (χ1) is 18.3. The van der Waals surface area contributed by atoms with Gasteiger partial charge in [0, 0.05) is 63.4 Å². The molecular weight excluding hydrogens is 490 g/mol. The monoisotopic (exact) mass is 523 g/mol. The molecule has 0 aliphatic carbocycles. The van der Waals surface area contributed by atoms with Crippen molar-refractivity contribution in [3.8, 4) is 0 Å². The molecule has 2 saturated heterocycles. The van der Waals surface area contributed by atoms with E-state index in [-0.39, 0.29) is 16.8 Å². The number of hydrogen-bond donors (Lipinski definition) is 1. The van der Waals surface area contributed by atoms with Crippen molar-refractivity contribution in [2.24, 2.45) is 0 Å². The van der Waals surface area contributed by atoms with Crippen molar-refractivity contribution in [1.82, 2.24) is 14.9 Å². The Kier molecular flexibility index (Phi) is 7.60. The summed E-state index contributed by atoms with van der Waals surface area (Å²) >= 11 is 0. The normalized spacial score (nSPS) is 16.4. The second kappa shape index (κ2) is 11.1. The van der Waals surface area contributed by atoms with E-state index in [9.17, 15) is 9.18 Å². The molecule has 0 bridgehead atoms. The number of piperazine rings is 1. The second-order valence-electron chi connectivity index (χ2n) is 10.1. The number of pyridine rings is 2. The van der Waals surface area contributed by atoms with Crippen molar-refractivity contribution in [2.45, 2.75) is 27.2 Å². The molecule has 2 aliphatic heterocycles. The van der Waals surface area contributed by atoms with Crippen molar-refractivity contribution in [2.75, 3.05) is 67.6 Å². The van der Waals surface area contributed by atoms with E-state index in [0.29, 0.717) is 63.0 Å². The Balaban J connectivity index is 1.47. The topological polar surface area (TPSA) is 73.8 Å². The molecule has 0 saturated carbocycles. The quantitative estimate of drug-likeness (QED) is 0.512. The number of fused-ring (bicyclic) bond motifs is 1. The van der Waals surface area contributed by atoms with E-state index >= 15 is 4.39 Å². The summed E-state index contributed by atoms with van der Waals surface area (Å²) in [6.07, 6.45) is 3.93. The summed E-state index contributed by atoms with van der Waals surface area (Å²) in [5.74, 6) is 0.486. The van der Waals surface area contributed by atoms with Gasteiger partial charge >= 0.3 is 0 Å². The molecule has 5 rings (SSSR count). The highest BCUT2D eigenvalue weighted by molar-refractivity contribution is 5.98. The van der Waals surface area contributed by atoms with Crippen LogP contribution in [-0.4, -0.2) is 73.3 Å². The lowest BCUT2D eigenvalue weighted by atomic mass is 10.1. The smallest absolute Gasteiger partial charge is 0.223 e. The molecule has 3 aromatic rings. The zero-order valence-electron chi connectivity index (χ0n) is 22.1. The van der Waals surface area contributed by atoms with Gasteiger partial charge in [0.2, 0.25) is 5.91 Å². The van der Waals surface area contributed by atoms with Gasteiger partial charge in [-0.15, -0.1) is 0 Å². The molecule has 0 atom stereocenters. The van der Waals surface area contributed by atoms with E-state index in [4.69, 9.17) is 9.72 Å². The first-order valence-electron chi connectivity index (χ1n) is 13.0. The van der Waals surface area contributed by atoms with E-state index < -0.39 is 11.6 Å². The lowest BCUT2D eigenvalue weighted by Crippen LogP contribution is -2.49. The Morgan fingerprint density at radius 2 is 1.74 bits per heavy atom. The highest BCUT2D eigenvalue weighted by Gasteiger charge is 2.26. The summed E-state index contributed by atoms with van der Waals surface area (Å²) in [7, 11) is 0. The summed E-state index contributed by atoms with van der Waals surface area (Å²) in [6.45, 7) is 10.9. The minimum Gasteiger partial charge on any atom is -0.378 e. The third-order valence-electron chi connectivity index (χ3n) is 7.03. The van der Waals surface area contributed by atoms with Crippen molar-refractivity contribution in [1.29, 1.82) is 0 Å². The summed E-state index contributed by atoms with van der Waals surface area (Å²) < 4.78 is 34.9. The lowest BCUT2D eigenvalue weighted by Gasteiger charge is -2.37. The third-order valence-corrected chi connectivity index (χ3v) is 7.03. The number of morpholine rings is 1. The molecule has 10 heteroatoms. The van der Waals surface area contributed by atoms with Gasteiger partial charge in [-0.25, -0.2) is 13.8 Å². The number of aromatic nitrogens is 2. The maximum atomic E-state index is 15.2. The van der Waals surface area contributed by atoms with Crippen LogP contribution in [0, 0.1) is 24.5 Å². The minimum atomic E-state index is -0.680. The number of carbonyl (C=O) groups is 1. The SMILES string of the molecule is C[C](C)CC(=O)N1CCN(c2nc3cc(F)cc(F)c3c(Nc3cncc(N4CCOCC4)c3)c2C)CC1. The van der Waals surface area contributed by atoms with Crippen LogP contribution in [0.2, 0.25) is 0 Å². The standard InChI is InChI=1S/C28H33F2N6O2/c1-18(2)12-25(37)35-4-6-36(7-5-35)28-19(3)27(26-23(30)13-20(29)14-24(26)33-28)32-21-15-22(17-31-16-21)34-8-10-38-11-9-34/h13-17H,4-12H2,1-3H3,(H,32,33). The number of ether oxygens (including phenoxy) is 1. The van der Waals surface area contributed by atoms with E-state index in [1.165, 1.54) is 6.07 Å². The van der Waals surface area contributed by atoms with Crippen molar-refractivity contribution in [3.63, 3.8) is 0 Å². The number of carbonyl (C=O) groups excluding carboxylic acids is 1. The summed E-state index contributed by atoms with van der Waals surface area (Å²) in [4.78, 5) is 27.8. The maximum Gasteiger partial charge on any atom is 0.223 e. The van der Waals surface area contributed by atoms with Crippen LogP contribution in [0.1, 0.15) is 25.8 Å². The number of nitrogens with zero attached hydrogens (tertiary/aromatic N) is 5. The number of anilines is 4. The molecule has 201 valence electrons. The van der Waals surface area contributed by atoms with Gasteiger partial charge in [-0.05, 0) is 18.9 Å². The number of hydrogen-bond acceptors (Lipinski definition) is 7. The van der Waals surface area contributed by atoms with Gasteiger partial charge in [0.1, 0.15) is 17.5 Å². The maximum absolute atomic E-state index is 15.2. The molecule has 2 aromatic heterocycles. The van der Waals surface area contributed by atoms with Crippen LogP contribution in [-0.2, 0) is 9.53 Å². The molecule has 1 aromatic carbocycles. The van der Waals surface area contributed by atoms with Gasteiger partial charge in [0.25, 0.3) is 0 Å². The summed E-state index contributed by atoms with van der Waals surface area (Å²) in [6, 6.07) is 4.12. The fraction of sp³-hybridized carbons (Fsp3) is 0.429. The molecule has 4 heterocycles. The summed E-state index contributed by atoms with van der Waals surface area (Å²) in [5.41, 5.74) is 3.15. The lowest BCUT2D eigenvalue weighted by molar-refractivity contribution is -0.131. The Labute approximate surface area is 221 Å². The van der Waals surface area contributed by atoms with E-state index in [0.717, 1.165) is 36.3 Å². The van der Waals surface area contributed by atoms with Gasteiger partial charge in [-0.3, -0.25) is 9.78 Å². The molecular formula is C28H33F2N6O2. The van der Waals surface area contributed by atoms with Crippen LogP contribution in [0.3, 0.4) is 0 Å². The highest BCUT2D eigenvalue weighted by Crippen LogP contribution is 2.37. The zero-order valence-corrected chi connectivity index (χ0v) is 22.1. The Hall–Kier alpha value is -3.53. The molecule has 38 heavy (non-hydrogen) atoms. The predicted octanol–water partition coefficient (Wildman–Crippen LogP) is 4.45. The average Bonchev–Trinajstić information content (AvgIpc) is 2.90. The number of nitrogens with one attached hydrogen (secondary N) is 1. The molecule has 0 spiro atoms. The Morgan fingerprint density at radius 1 is 1.00 bits per heavy atom. The molecule has 1 radical (unpaired) electrons. The first kappa shape index (κ1) is 26.1. The molecule has 2 aliphatic rings. The van der Waals surface area contributed by atoms with Crippen molar-refractivity contribution in [3.05, 3.63) is 53.7 Å². The largest absolute Gasteiger partial charge is 0.378 e. The summed E-state index contributed by atoms with van der Waals surface area (Å²) in [5, 5.41) is 3.60. The van der Waals surface area contributed by atoms with Gasteiger partial charge in [-0.1, -0.05) is 13.8 Å². The van der Waals surface area contributed by atoms with Gasteiger partial charge in [0.15, 0.2) is 0 Å². The van der Waals surface area contributed by atoms with Crippen molar-refractivity contribution >= 4 is 39.7 Å². The van der Waals surface area contributed by atoms with Crippen LogP contribution < -0.4 is 15.1 Å². The highest BCUT2D eigenvalue weighted by atomic mass is 19.1. The van der Waals surface area contributed by atoms with E-state index in [2.05, 4.69) is 20.1 Å². The number of halogens is 2. The fourth-order valence-corrected chi connectivity index (χ4v) is 5.07. The Morgan fingerprint density at radius 3 is 2.45 bits per heavy atom. The molecule has 8 nitrogen and oxygen atoms in total.